The fourth-order valence-corrected chi connectivity index (χ4v) is 3.48. The summed E-state index contributed by atoms with van der Waals surface area (Å²) in [6, 6.07) is 12.1. The minimum atomic E-state index is -1.24. The molecule has 1 aliphatic rings. The van der Waals surface area contributed by atoms with Crippen molar-refractivity contribution in [1.29, 1.82) is 0 Å². The molecule has 0 bridgehead atoms. The molecule has 0 saturated heterocycles. The first kappa shape index (κ1) is 19.6. The van der Waals surface area contributed by atoms with E-state index in [1.807, 2.05) is 0 Å². The van der Waals surface area contributed by atoms with E-state index in [4.69, 9.17) is 10.5 Å². The fourth-order valence-electron chi connectivity index (χ4n) is 3.48. The number of fused-ring (bicyclic) bond motifs is 1. The number of benzene rings is 2. The molecule has 2 heterocycles. The van der Waals surface area contributed by atoms with Gasteiger partial charge >= 0.3 is 0 Å². The number of hydrogen-bond acceptors (Lipinski definition) is 6. The summed E-state index contributed by atoms with van der Waals surface area (Å²) in [7, 11) is 0. The molecule has 160 valence electrons. The number of nitrogens with zero attached hydrogens (tertiary/aromatic N) is 4. The minimum Gasteiger partial charge on any atom is -0.438 e. The molecule has 0 unspecified atom stereocenters. The number of carbonyl (C=O) groups excluding carboxylic acids is 2. The normalized spacial score (nSPS) is 14.2. The molecule has 3 N–H and O–H groups in total. The lowest BCUT2D eigenvalue weighted by Crippen LogP contribution is -2.41. The van der Waals surface area contributed by atoms with Crippen molar-refractivity contribution in [3.05, 3.63) is 66.9 Å². The smallest absolute Gasteiger partial charge is 0.247 e. The lowest BCUT2D eigenvalue weighted by Gasteiger charge is -2.26. The second kappa shape index (κ2) is 7.41. The predicted molar refractivity (Wildman–Crippen MR) is 113 cm³/mol. The van der Waals surface area contributed by atoms with Crippen LogP contribution in [0.1, 0.15) is 12.8 Å². The Morgan fingerprint density at radius 2 is 1.69 bits per heavy atom. The highest BCUT2D eigenvalue weighted by Crippen LogP contribution is 2.49. The molecule has 4 aromatic rings. The van der Waals surface area contributed by atoms with Gasteiger partial charge in [0.15, 0.2) is 5.65 Å². The number of aromatic nitrogens is 4. The number of aromatic amines is 1. The SMILES string of the molecule is NC(=O)C1(C(=O)N(c2ccc(F)cc2)c2ccc(Oc3ncnc4[nH]ncc34)cc2)CC1. The molecule has 10 heteroatoms. The third-order valence-corrected chi connectivity index (χ3v) is 5.44. The van der Waals surface area contributed by atoms with E-state index in [1.165, 1.54) is 35.5 Å². The van der Waals surface area contributed by atoms with Gasteiger partial charge in [-0.05, 0) is 61.4 Å². The van der Waals surface area contributed by atoms with Gasteiger partial charge in [-0.3, -0.25) is 19.6 Å². The highest BCUT2D eigenvalue weighted by atomic mass is 19.1. The van der Waals surface area contributed by atoms with Gasteiger partial charge in [0.25, 0.3) is 0 Å². The number of carbonyl (C=O) groups is 2. The molecule has 0 radical (unpaired) electrons. The fraction of sp³-hybridized carbons (Fsp3) is 0.136. The van der Waals surface area contributed by atoms with Crippen LogP contribution in [-0.4, -0.2) is 32.0 Å². The highest BCUT2D eigenvalue weighted by Gasteiger charge is 2.57. The molecule has 0 spiro atoms. The van der Waals surface area contributed by atoms with Gasteiger partial charge in [0.1, 0.15) is 28.7 Å². The molecule has 2 aromatic heterocycles. The first-order valence-corrected chi connectivity index (χ1v) is 9.80. The van der Waals surface area contributed by atoms with Crippen LogP contribution < -0.4 is 15.4 Å². The minimum absolute atomic E-state index is 0.327. The Bertz CT molecular complexity index is 1320. The third-order valence-electron chi connectivity index (χ3n) is 5.44. The summed E-state index contributed by atoms with van der Waals surface area (Å²) in [6.45, 7) is 0. The highest BCUT2D eigenvalue weighted by molar-refractivity contribution is 6.16. The zero-order chi connectivity index (χ0) is 22.3. The lowest BCUT2D eigenvalue weighted by molar-refractivity contribution is -0.133. The van der Waals surface area contributed by atoms with E-state index in [0.29, 0.717) is 46.9 Å². The Kier molecular flexibility index (Phi) is 4.54. The summed E-state index contributed by atoms with van der Waals surface area (Å²) in [6.07, 6.45) is 3.69. The predicted octanol–water partition coefficient (Wildman–Crippen LogP) is 3.21. The summed E-state index contributed by atoms with van der Waals surface area (Å²) in [5.41, 5.74) is 5.72. The van der Waals surface area contributed by atoms with Gasteiger partial charge in [-0.2, -0.15) is 5.10 Å². The number of halogens is 1. The molecule has 32 heavy (non-hydrogen) atoms. The maximum absolute atomic E-state index is 13.5. The van der Waals surface area contributed by atoms with Crippen molar-refractivity contribution in [1.82, 2.24) is 20.2 Å². The molecule has 0 aliphatic heterocycles. The van der Waals surface area contributed by atoms with Crippen LogP contribution >= 0.6 is 0 Å². The van der Waals surface area contributed by atoms with Crippen LogP contribution in [0.5, 0.6) is 11.6 Å². The van der Waals surface area contributed by atoms with Crippen LogP contribution in [0.2, 0.25) is 0 Å². The summed E-state index contributed by atoms with van der Waals surface area (Å²) >= 11 is 0. The summed E-state index contributed by atoms with van der Waals surface area (Å²) in [5, 5.41) is 7.29. The van der Waals surface area contributed by atoms with Crippen LogP contribution in [0, 0.1) is 11.2 Å². The lowest BCUT2D eigenvalue weighted by atomic mass is 10.0. The number of ether oxygens (including phenoxy) is 1. The second-order valence-electron chi connectivity index (χ2n) is 7.47. The van der Waals surface area contributed by atoms with Crippen molar-refractivity contribution in [2.75, 3.05) is 4.90 Å². The number of primary amides is 1. The monoisotopic (exact) mass is 432 g/mol. The van der Waals surface area contributed by atoms with Crippen LogP contribution in [0.3, 0.4) is 0 Å². The maximum Gasteiger partial charge on any atom is 0.247 e. The molecule has 1 saturated carbocycles. The van der Waals surface area contributed by atoms with Crippen molar-refractivity contribution < 1.29 is 18.7 Å². The molecule has 1 aliphatic carbocycles. The van der Waals surface area contributed by atoms with E-state index >= 15 is 0 Å². The van der Waals surface area contributed by atoms with Crippen LogP contribution in [0.4, 0.5) is 15.8 Å². The van der Waals surface area contributed by atoms with Gasteiger partial charge in [-0.1, -0.05) is 0 Å². The van der Waals surface area contributed by atoms with E-state index < -0.39 is 23.0 Å². The molecular formula is C22H17FN6O3. The second-order valence-corrected chi connectivity index (χ2v) is 7.47. The average molecular weight is 432 g/mol. The molecule has 2 aromatic carbocycles. The Balaban J connectivity index is 1.48. The van der Waals surface area contributed by atoms with Crippen molar-refractivity contribution in [2.24, 2.45) is 11.1 Å². The van der Waals surface area contributed by atoms with Crippen LogP contribution in [0.25, 0.3) is 11.0 Å². The molecule has 1 fully saturated rings. The van der Waals surface area contributed by atoms with E-state index in [9.17, 15) is 14.0 Å². The number of nitrogens with one attached hydrogen (secondary N) is 1. The van der Waals surface area contributed by atoms with Gasteiger partial charge in [-0.25, -0.2) is 14.4 Å². The molecular weight excluding hydrogens is 415 g/mol. The number of rotatable bonds is 6. The van der Waals surface area contributed by atoms with E-state index in [-0.39, 0.29) is 0 Å². The van der Waals surface area contributed by atoms with Crippen molar-refractivity contribution >= 4 is 34.2 Å². The van der Waals surface area contributed by atoms with Crippen LogP contribution in [-0.2, 0) is 9.59 Å². The molecule has 0 atom stereocenters. The Morgan fingerprint density at radius 1 is 1.03 bits per heavy atom. The topological polar surface area (TPSA) is 127 Å². The van der Waals surface area contributed by atoms with Crippen LogP contribution in [0.15, 0.2) is 61.1 Å². The number of nitrogens with two attached hydrogens (primary N) is 1. The maximum atomic E-state index is 13.5. The number of amides is 2. The van der Waals surface area contributed by atoms with Crippen molar-refractivity contribution in [2.45, 2.75) is 12.8 Å². The zero-order valence-electron chi connectivity index (χ0n) is 16.7. The number of hydrogen-bond donors (Lipinski definition) is 2. The first-order chi connectivity index (χ1) is 15.5. The van der Waals surface area contributed by atoms with Gasteiger partial charge in [-0.15, -0.1) is 0 Å². The Labute approximate surface area is 181 Å². The average Bonchev–Trinajstić information content (AvgIpc) is 3.47. The quantitative estimate of drug-likeness (QED) is 0.451. The van der Waals surface area contributed by atoms with Crippen molar-refractivity contribution in [3.8, 4) is 11.6 Å². The Hall–Kier alpha value is -4.34. The van der Waals surface area contributed by atoms with Gasteiger partial charge in [0, 0.05) is 11.4 Å². The van der Waals surface area contributed by atoms with E-state index in [1.54, 1.807) is 30.5 Å². The Morgan fingerprint density at radius 3 is 2.31 bits per heavy atom. The van der Waals surface area contributed by atoms with E-state index in [0.717, 1.165) is 0 Å². The van der Waals surface area contributed by atoms with Gasteiger partial charge in [0.05, 0.1) is 6.20 Å². The molecule has 9 nitrogen and oxygen atoms in total. The van der Waals surface area contributed by atoms with Gasteiger partial charge in [0.2, 0.25) is 17.7 Å². The zero-order valence-corrected chi connectivity index (χ0v) is 16.7. The first-order valence-electron chi connectivity index (χ1n) is 9.80. The third kappa shape index (κ3) is 3.31. The summed E-state index contributed by atoms with van der Waals surface area (Å²) in [4.78, 5) is 34.9. The number of anilines is 2. The largest absolute Gasteiger partial charge is 0.438 e. The number of H-pyrrole nitrogens is 1. The summed E-state index contributed by atoms with van der Waals surface area (Å²) < 4.78 is 19.3. The molecule has 5 rings (SSSR count). The summed E-state index contributed by atoms with van der Waals surface area (Å²) in [5.74, 6) is -0.744. The molecule has 2 amide bonds. The van der Waals surface area contributed by atoms with E-state index in [2.05, 4.69) is 20.2 Å². The van der Waals surface area contributed by atoms with Crippen molar-refractivity contribution in [3.63, 3.8) is 0 Å². The van der Waals surface area contributed by atoms with Gasteiger partial charge < -0.3 is 10.5 Å². The standard InChI is InChI=1S/C22H17FN6O3/c23-13-1-3-14(4-2-13)29(21(31)22(9-10-22)20(24)30)15-5-7-16(8-6-15)32-19-17-11-27-28-18(17)25-12-26-19/h1-8,11-12H,9-10H2,(H2,24,30)(H,25,26,27,28).